The highest BCUT2D eigenvalue weighted by molar-refractivity contribution is 6.95. The van der Waals surface area contributed by atoms with Crippen molar-refractivity contribution in [2.75, 3.05) is 0 Å². The van der Waals surface area contributed by atoms with Crippen LogP contribution in [0.25, 0.3) is 0 Å². The molecule has 8 nitrogen and oxygen atoms in total. The summed E-state index contributed by atoms with van der Waals surface area (Å²) in [5, 5.41) is 0. The van der Waals surface area contributed by atoms with Crippen molar-refractivity contribution in [2.45, 2.75) is 157 Å². The predicted molar refractivity (Wildman–Crippen MR) is 196 cm³/mol. The molecule has 0 aliphatic heterocycles. The van der Waals surface area contributed by atoms with Gasteiger partial charge in [-0.2, -0.15) is 0 Å². The molecule has 0 aliphatic carbocycles. The maximum absolute atomic E-state index is 7.51. The second kappa shape index (κ2) is 14.2. The minimum Gasteiger partial charge on any atom is -0.396 e. The van der Waals surface area contributed by atoms with Crippen LogP contribution in [0, 0.1) is 0 Å². The number of hydrogen-bond acceptors (Lipinski definition) is 8. The molecule has 0 aliphatic rings. The molecule has 0 amide bonds. The molecule has 0 unspecified atom stereocenters. The Morgan fingerprint density at radius 3 is 0.512 bits per heavy atom. The van der Waals surface area contributed by atoms with Crippen LogP contribution in [0.1, 0.15) is 27.7 Å². The van der Waals surface area contributed by atoms with Crippen LogP contribution in [-0.4, -0.2) is 76.6 Å². The summed E-state index contributed by atoms with van der Waals surface area (Å²) in [7, 11) is -24.0. The summed E-state index contributed by atoms with van der Waals surface area (Å²) in [6.07, 6.45) is 0. The van der Waals surface area contributed by atoms with Gasteiger partial charge in [0.1, 0.15) is 0 Å². The van der Waals surface area contributed by atoms with E-state index < -0.39 is 76.6 Å². The Labute approximate surface area is 264 Å². The molecule has 0 aromatic heterocycles. The quantitative estimate of drug-likeness (QED) is 0.129. The molecule has 0 heterocycles. The van der Waals surface area contributed by atoms with Crippen molar-refractivity contribution in [3.05, 3.63) is 0 Å². The van der Waals surface area contributed by atoms with Crippen molar-refractivity contribution in [2.24, 2.45) is 0 Å². The minimum atomic E-state index is -3.73. The summed E-state index contributed by atoms with van der Waals surface area (Å²) in [6.45, 7) is 47.8. The van der Waals surface area contributed by atoms with Crippen LogP contribution >= 0.6 is 0 Å². The van der Waals surface area contributed by atoms with Crippen LogP contribution in [0.5, 0.6) is 0 Å². The molecule has 0 saturated heterocycles. The van der Waals surface area contributed by atoms with Gasteiger partial charge in [0.15, 0.2) is 49.9 Å². The largest absolute Gasteiger partial charge is 0.638 e. The molecule has 0 aromatic carbocycles. The van der Waals surface area contributed by atoms with E-state index in [1.165, 1.54) is 0 Å². The van der Waals surface area contributed by atoms with E-state index in [1.54, 1.807) is 0 Å². The highest BCUT2D eigenvalue weighted by Gasteiger charge is 2.66. The average Bonchev–Trinajstić information content (AvgIpc) is 2.49. The monoisotopic (exact) mass is 736 g/mol. The Morgan fingerprint density at radius 2 is 0.415 bits per heavy atom. The summed E-state index contributed by atoms with van der Waals surface area (Å²) < 4.78 is 57.0. The molecule has 0 spiro atoms. The summed E-state index contributed by atoms with van der Waals surface area (Å²) in [5.74, 6) is 0. The average molecular weight is 738 g/mol. The van der Waals surface area contributed by atoms with Crippen LogP contribution in [-0.2, 0) is 32.9 Å². The predicted octanol–water partition coefficient (Wildman–Crippen LogP) is 9.26. The van der Waals surface area contributed by atoms with Crippen LogP contribution in [0.4, 0.5) is 0 Å². The Balaban J connectivity index is 7.71. The Kier molecular flexibility index (Phi) is 14.7. The lowest BCUT2D eigenvalue weighted by atomic mass is 10.5. The zero-order chi connectivity index (χ0) is 33.3. The Bertz CT molecular complexity index is 668. The van der Waals surface area contributed by atoms with Gasteiger partial charge in [-0.25, -0.2) is 0 Å². The van der Waals surface area contributed by atoms with E-state index in [0.29, 0.717) is 0 Å². The standard InChI is InChI=1S/C24H68O8Si9/c1-23(2)39(24(3)4,31-40(25-33(5,6)7,26-34(8,9)10)27-35(11,12)13)32-41(28-36(14,15)16,29-37(17,18)19)30-38(20,21)22/h23-24H,1-22H3. The minimum absolute atomic E-state index is 0.0164. The molecule has 0 fully saturated rings. The molecule has 41 heavy (non-hydrogen) atoms. The summed E-state index contributed by atoms with van der Waals surface area (Å²) in [4.78, 5) is 0. The van der Waals surface area contributed by atoms with Gasteiger partial charge in [-0.05, 0) is 129 Å². The molecule has 0 radical (unpaired) electrons. The van der Waals surface area contributed by atoms with Crippen molar-refractivity contribution in [3.8, 4) is 0 Å². The Hall–Kier alpha value is 1.63. The fourth-order valence-electron chi connectivity index (χ4n) is 4.05. The van der Waals surface area contributed by atoms with Crippen molar-refractivity contribution in [1.29, 1.82) is 0 Å². The van der Waals surface area contributed by atoms with Gasteiger partial charge in [-0.1, -0.05) is 27.7 Å². The van der Waals surface area contributed by atoms with Crippen LogP contribution in [0.3, 0.4) is 0 Å². The topological polar surface area (TPSA) is 73.8 Å². The fraction of sp³-hybridized carbons (Fsp3) is 1.00. The zero-order valence-electron chi connectivity index (χ0n) is 30.9. The first-order valence-corrected chi connectivity index (χ1v) is 40.8. The van der Waals surface area contributed by atoms with Crippen molar-refractivity contribution in [3.63, 3.8) is 0 Å². The molecule has 0 atom stereocenters. The van der Waals surface area contributed by atoms with Crippen molar-refractivity contribution in [1.82, 2.24) is 0 Å². The van der Waals surface area contributed by atoms with Gasteiger partial charge in [0.2, 0.25) is 0 Å². The Morgan fingerprint density at radius 1 is 0.268 bits per heavy atom. The first-order valence-electron chi connectivity index (χ1n) is 15.2. The molecule has 0 rings (SSSR count). The third-order valence-corrected chi connectivity index (χ3v) is 33.2. The highest BCUT2D eigenvalue weighted by atomic mass is 28.6. The van der Waals surface area contributed by atoms with Gasteiger partial charge in [0.05, 0.1) is 0 Å². The lowest BCUT2D eigenvalue weighted by Crippen LogP contribution is -2.73. The van der Waals surface area contributed by atoms with E-state index in [1.807, 2.05) is 0 Å². The van der Waals surface area contributed by atoms with Gasteiger partial charge in [-0.15, -0.1) is 0 Å². The summed E-state index contributed by atoms with van der Waals surface area (Å²) in [5.41, 5.74) is 0.0327. The molecule has 17 heteroatoms. The van der Waals surface area contributed by atoms with E-state index in [0.717, 1.165) is 0 Å². The molecular weight excluding hydrogens is 669 g/mol. The van der Waals surface area contributed by atoms with Gasteiger partial charge < -0.3 is 32.9 Å². The van der Waals surface area contributed by atoms with E-state index in [9.17, 15) is 0 Å². The maximum atomic E-state index is 7.51. The van der Waals surface area contributed by atoms with Gasteiger partial charge >= 0.3 is 26.7 Å². The van der Waals surface area contributed by atoms with Crippen LogP contribution < -0.4 is 0 Å². The normalized spacial score (nSPS) is 15.8. The van der Waals surface area contributed by atoms with Gasteiger partial charge in [0, 0.05) is 0 Å². The maximum Gasteiger partial charge on any atom is 0.638 e. The van der Waals surface area contributed by atoms with Crippen molar-refractivity contribution >= 4 is 76.6 Å². The lowest BCUT2D eigenvalue weighted by molar-refractivity contribution is 0.0927. The van der Waals surface area contributed by atoms with E-state index >= 15 is 0 Å². The lowest BCUT2D eigenvalue weighted by Gasteiger charge is -2.51. The van der Waals surface area contributed by atoms with E-state index in [2.05, 4.69) is 146 Å². The SMILES string of the molecule is CC(C)[Si](O[Si](O[Si](C)(C)C)(O[Si](C)(C)C)O[Si](C)(C)C)(O[Si](O[Si](C)(C)C)(O[Si](C)(C)C)O[Si](C)(C)C)C(C)C. The third-order valence-electron chi connectivity index (χ3n) is 4.77. The molecule has 0 aromatic rings. The fourth-order valence-corrected chi connectivity index (χ4v) is 37.3. The summed E-state index contributed by atoms with van der Waals surface area (Å²) in [6, 6.07) is 0. The molecule has 0 N–H and O–H groups in total. The second-order valence-corrected chi connectivity index (χ2v) is 55.2. The van der Waals surface area contributed by atoms with Gasteiger partial charge in [0.25, 0.3) is 0 Å². The number of rotatable bonds is 18. The first-order chi connectivity index (χ1) is 17.5. The van der Waals surface area contributed by atoms with Crippen molar-refractivity contribution < 1.29 is 32.9 Å². The first kappa shape index (κ1) is 42.6. The van der Waals surface area contributed by atoms with E-state index in [-0.39, 0.29) is 11.1 Å². The molecular formula is C24H68O8Si9. The second-order valence-electron chi connectivity index (χ2n) is 17.5. The summed E-state index contributed by atoms with van der Waals surface area (Å²) >= 11 is 0. The third kappa shape index (κ3) is 17.2. The zero-order valence-corrected chi connectivity index (χ0v) is 39.9. The molecule has 0 saturated carbocycles. The highest BCUT2D eigenvalue weighted by Crippen LogP contribution is 2.43. The van der Waals surface area contributed by atoms with Crippen LogP contribution in [0.15, 0.2) is 0 Å². The van der Waals surface area contributed by atoms with Gasteiger partial charge in [-0.3, -0.25) is 0 Å². The van der Waals surface area contributed by atoms with E-state index in [4.69, 9.17) is 32.9 Å². The molecule has 248 valence electrons. The smallest absolute Gasteiger partial charge is 0.396 e. The molecule has 0 bridgehead atoms. The number of hydrogen-bond donors (Lipinski definition) is 0. The van der Waals surface area contributed by atoms with Crippen LogP contribution in [0.2, 0.25) is 129 Å².